The quantitative estimate of drug-likeness (QED) is 0.0443. The minimum absolute atomic E-state index is 0.0101. The summed E-state index contributed by atoms with van der Waals surface area (Å²) in [6.45, 7) is 10.4. The molecule has 70 heavy (non-hydrogen) atoms. The predicted molar refractivity (Wildman–Crippen MR) is 266 cm³/mol. The molecule has 0 unspecified atom stereocenters. The van der Waals surface area contributed by atoms with Crippen molar-refractivity contribution in [1.82, 2.24) is 35.8 Å². The number of ether oxygens (including phenoxy) is 5. The second-order valence-electron chi connectivity index (χ2n) is 17.6. The molecule has 18 nitrogen and oxygen atoms in total. The summed E-state index contributed by atoms with van der Waals surface area (Å²) in [6.07, 6.45) is 0.723. The van der Waals surface area contributed by atoms with Crippen LogP contribution in [0.3, 0.4) is 0 Å². The van der Waals surface area contributed by atoms with Crippen molar-refractivity contribution in [2.75, 3.05) is 78.4 Å². The van der Waals surface area contributed by atoms with E-state index in [0.29, 0.717) is 63.3 Å². The highest BCUT2D eigenvalue weighted by atomic mass is 32.1. The maximum Gasteiger partial charge on any atom is 0.251 e. The Bertz CT molecular complexity index is 2470. The Kier molecular flexibility index (Phi) is 20.1. The molecule has 0 saturated carbocycles. The minimum atomic E-state index is -0.936. The topological polar surface area (TPSA) is 225 Å². The van der Waals surface area contributed by atoms with Crippen molar-refractivity contribution in [2.45, 2.75) is 65.3 Å². The lowest BCUT2D eigenvalue weighted by atomic mass is 9.85. The summed E-state index contributed by atoms with van der Waals surface area (Å²) in [5.41, 5.74) is 6.82. The number of methoxy groups -OCH3 is 1. The first kappa shape index (κ1) is 53.0. The molecule has 2 aromatic heterocycles. The fraction of sp³-hybridized carbons (Fsp3) is 0.431. The first-order valence-electron chi connectivity index (χ1n) is 23.3. The molecule has 1 saturated heterocycles. The fourth-order valence-electron chi connectivity index (χ4n) is 7.50. The van der Waals surface area contributed by atoms with Gasteiger partial charge in [-0.15, -0.1) is 11.3 Å². The third-order valence-corrected chi connectivity index (χ3v) is 12.3. The summed E-state index contributed by atoms with van der Waals surface area (Å²) < 4.78 is 27.6. The predicted octanol–water partition coefficient (Wildman–Crippen LogP) is 5.32. The van der Waals surface area contributed by atoms with Gasteiger partial charge < -0.3 is 55.0 Å². The lowest BCUT2D eigenvalue weighted by Gasteiger charge is -2.35. The molecular formula is C51H64N8O10S. The van der Waals surface area contributed by atoms with Crippen molar-refractivity contribution in [3.63, 3.8) is 0 Å². The van der Waals surface area contributed by atoms with Gasteiger partial charge >= 0.3 is 0 Å². The zero-order chi connectivity index (χ0) is 49.9. The SMILES string of the molecule is COc1ccc(Nc2cc(-c3cccc(C(=O)NCCOCCOCCOCCOCCC(=O)N[C@H](C(=O)N4C[C@H](O)C[C@H]4C(=O)NCc4ccc(-c5scnc5C)cc4)C(C)(C)C)c3)ncn2)cc1. The van der Waals surface area contributed by atoms with Gasteiger partial charge in [-0.3, -0.25) is 19.2 Å². The monoisotopic (exact) mass is 980 g/mol. The highest BCUT2D eigenvalue weighted by molar-refractivity contribution is 7.13. The first-order chi connectivity index (χ1) is 33.8. The molecule has 3 heterocycles. The second kappa shape index (κ2) is 26.6. The van der Waals surface area contributed by atoms with Crippen LogP contribution in [0.4, 0.5) is 11.5 Å². The lowest BCUT2D eigenvalue weighted by Crippen LogP contribution is -2.57. The molecule has 3 aromatic carbocycles. The number of aliphatic hydroxyl groups excluding tert-OH is 1. The number of aryl methyl sites for hydroxylation is 1. The number of rotatable bonds is 26. The Morgan fingerprint density at radius 3 is 2.16 bits per heavy atom. The third-order valence-electron chi connectivity index (χ3n) is 11.3. The number of nitrogens with zero attached hydrogens (tertiary/aromatic N) is 4. The molecule has 19 heteroatoms. The largest absolute Gasteiger partial charge is 0.497 e. The van der Waals surface area contributed by atoms with Gasteiger partial charge in [-0.25, -0.2) is 15.0 Å². The molecule has 0 aliphatic carbocycles. The van der Waals surface area contributed by atoms with Crippen molar-refractivity contribution >= 4 is 46.5 Å². The van der Waals surface area contributed by atoms with E-state index in [9.17, 15) is 24.3 Å². The zero-order valence-corrected chi connectivity index (χ0v) is 41.2. The first-order valence-corrected chi connectivity index (χ1v) is 24.1. The van der Waals surface area contributed by atoms with Gasteiger partial charge in [0.05, 0.1) is 87.8 Å². The summed E-state index contributed by atoms with van der Waals surface area (Å²) in [6, 6.07) is 22.6. The number of hydrogen-bond acceptors (Lipinski definition) is 15. The van der Waals surface area contributed by atoms with E-state index < -0.39 is 29.5 Å². The van der Waals surface area contributed by atoms with Crippen LogP contribution in [0.25, 0.3) is 21.7 Å². The molecule has 0 bridgehead atoms. The van der Waals surface area contributed by atoms with Gasteiger partial charge in [-0.2, -0.15) is 0 Å². The number of aliphatic hydroxyl groups is 1. The molecule has 1 fully saturated rings. The fourth-order valence-corrected chi connectivity index (χ4v) is 8.32. The number of amides is 4. The molecule has 5 aromatic rings. The molecule has 1 aliphatic rings. The zero-order valence-electron chi connectivity index (χ0n) is 40.4. The molecule has 5 N–H and O–H groups in total. The van der Waals surface area contributed by atoms with Crippen molar-refractivity contribution in [1.29, 1.82) is 0 Å². The molecule has 1 aliphatic heterocycles. The highest BCUT2D eigenvalue weighted by Gasteiger charge is 2.44. The Balaban J connectivity index is 0.791. The number of aromatic nitrogens is 3. The number of likely N-dealkylation sites (tertiary alicyclic amines) is 1. The molecule has 4 amide bonds. The van der Waals surface area contributed by atoms with Gasteiger partial charge in [0, 0.05) is 55.4 Å². The van der Waals surface area contributed by atoms with Crippen LogP contribution < -0.4 is 26.0 Å². The van der Waals surface area contributed by atoms with E-state index in [2.05, 4.69) is 36.2 Å². The van der Waals surface area contributed by atoms with Gasteiger partial charge in [0.25, 0.3) is 5.91 Å². The molecule has 374 valence electrons. The van der Waals surface area contributed by atoms with Crippen LogP contribution in [0, 0.1) is 12.3 Å². The number of nitrogens with one attached hydrogen (secondary N) is 4. The van der Waals surface area contributed by atoms with Crippen LogP contribution >= 0.6 is 11.3 Å². The second-order valence-corrected chi connectivity index (χ2v) is 18.5. The normalized spacial score (nSPS) is 15.0. The Labute approximate surface area is 412 Å². The summed E-state index contributed by atoms with van der Waals surface area (Å²) in [5.74, 6) is -0.0277. The van der Waals surface area contributed by atoms with E-state index in [-0.39, 0.29) is 56.9 Å². The Hall–Kier alpha value is -6.35. The van der Waals surface area contributed by atoms with Gasteiger partial charge in [0.2, 0.25) is 17.7 Å². The standard InChI is InChI=1S/C51H64N8O10S/c1-34-46(70-33-56-34)36-11-9-35(10-12-36)30-53-49(63)43-28-40(60)31-59(43)50(64)47(51(2,3)4)58-45(61)17-19-66-21-23-68-25-26-69-24-22-67-20-18-52-48(62)38-8-6-7-37(27-38)42-29-44(55-32-54-42)57-39-13-15-41(65-5)16-14-39/h6-16,27,29,32-33,40,43,47,60H,17-26,28,30-31H2,1-5H3,(H,52,62)(H,53,63)(H,58,61)(H,54,55,57)/t40-,43+,47-/m1/s1. The van der Waals surface area contributed by atoms with E-state index in [0.717, 1.165) is 38.7 Å². The molecule has 6 rings (SSSR count). The summed E-state index contributed by atoms with van der Waals surface area (Å²) in [4.78, 5) is 68.7. The number of thiazole rings is 1. The highest BCUT2D eigenvalue weighted by Crippen LogP contribution is 2.29. The van der Waals surface area contributed by atoms with Gasteiger partial charge in [0.1, 0.15) is 30.0 Å². The number of carbonyl (C=O) groups excluding carboxylic acids is 4. The summed E-state index contributed by atoms with van der Waals surface area (Å²) in [7, 11) is 1.62. The van der Waals surface area contributed by atoms with Crippen molar-refractivity contribution in [3.8, 4) is 27.4 Å². The lowest BCUT2D eigenvalue weighted by molar-refractivity contribution is -0.144. The maximum atomic E-state index is 13.9. The number of anilines is 2. The van der Waals surface area contributed by atoms with Crippen LogP contribution in [-0.2, 0) is 39.9 Å². The van der Waals surface area contributed by atoms with Crippen LogP contribution in [0.5, 0.6) is 5.75 Å². The average Bonchev–Trinajstić information content (AvgIpc) is 3.98. The van der Waals surface area contributed by atoms with Crippen LogP contribution in [-0.4, -0.2) is 140 Å². The van der Waals surface area contributed by atoms with Crippen LogP contribution in [0.2, 0.25) is 0 Å². The minimum Gasteiger partial charge on any atom is -0.497 e. The Morgan fingerprint density at radius 2 is 1.50 bits per heavy atom. The van der Waals surface area contributed by atoms with Crippen LogP contribution in [0.15, 0.2) is 90.7 Å². The number of β-amino-alcohol motifs (C(OH)–C–C–N with tert-alkyl or cyclic N) is 1. The third kappa shape index (κ3) is 16.1. The number of hydrogen-bond donors (Lipinski definition) is 5. The maximum absolute atomic E-state index is 13.9. The summed E-state index contributed by atoms with van der Waals surface area (Å²) in [5, 5.41) is 22.4. The van der Waals surface area contributed by atoms with Gasteiger partial charge in [-0.1, -0.05) is 57.2 Å². The van der Waals surface area contributed by atoms with Gasteiger partial charge in [-0.05, 0) is 59.9 Å². The molecular weight excluding hydrogens is 917 g/mol. The van der Waals surface area contributed by atoms with Crippen LogP contribution in [0.1, 0.15) is 55.2 Å². The van der Waals surface area contributed by atoms with Crippen molar-refractivity contribution in [3.05, 3.63) is 108 Å². The van der Waals surface area contributed by atoms with E-state index >= 15 is 0 Å². The van der Waals surface area contributed by atoms with E-state index in [4.69, 9.17) is 23.7 Å². The average molecular weight is 981 g/mol. The van der Waals surface area contributed by atoms with Crippen molar-refractivity contribution in [2.24, 2.45) is 5.41 Å². The smallest absolute Gasteiger partial charge is 0.251 e. The molecule has 3 atom stereocenters. The molecule has 0 spiro atoms. The molecule has 0 radical (unpaired) electrons. The van der Waals surface area contributed by atoms with Gasteiger partial charge in [0.15, 0.2) is 0 Å². The van der Waals surface area contributed by atoms with E-state index in [1.165, 1.54) is 11.2 Å². The Morgan fingerprint density at radius 1 is 0.814 bits per heavy atom. The van der Waals surface area contributed by atoms with E-state index in [1.807, 2.05) is 99.9 Å². The van der Waals surface area contributed by atoms with E-state index in [1.54, 1.807) is 30.6 Å². The van der Waals surface area contributed by atoms with Crippen molar-refractivity contribution < 1.29 is 48.0 Å². The number of carbonyl (C=O) groups is 4. The number of benzene rings is 3. The summed E-state index contributed by atoms with van der Waals surface area (Å²) >= 11 is 1.57.